The zero-order valence-electron chi connectivity index (χ0n) is 10.5. The summed E-state index contributed by atoms with van der Waals surface area (Å²) in [7, 11) is 0. The van der Waals surface area contributed by atoms with Crippen LogP contribution in [0.3, 0.4) is 0 Å². The summed E-state index contributed by atoms with van der Waals surface area (Å²) in [6.45, 7) is 12.8. The molecule has 0 rings (SSSR count). The first kappa shape index (κ1) is 14.2. The van der Waals surface area contributed by atoms with E-state index in [4.69, 9.17) is 5.73 Å². The van der Waals surface area contributed by atoms with E-state index in [1.807, 2.05) is 20.8 Å². The molecule has 0 aliphatic heterocycles. The fourth-order valence-electron chi connectivity index (χ4n) is 1.64. The first-order chi connectivity index (χ1) is 6.85. The first-order valence-electron chi connectivity index (χ1n) is 5.57. The molecule has 3 heteroatoms. The number of nitrogens with zero attached hydrogens (tertiary/aromatic N) is 1. The number of hydrogen-bond acceptors (Lipinski definition) is 2. The first-order valence-corrected chi connectivity index (χ1v) is 5.57. The van der Waals surface area contributed by atoms with Crippen molar-refractivity contribution in [3.8, 4) is 0 Å². The highest BCUT2D eigenvalue weighted by atomic mass is 16.2. The molecule has 2 N–H and O–H groups in total. The van der Waals surface area contributed by atoms with Crippen molar-refractivity contribution in [1.82, 2.24) is 4.90 Å². The van der Waals surface area contributed by atoms with Gasteiger partial charge < -0.3 is 10.6 Å². The van der Waals surface area contributed by atoms with Crippen molar-refractivity contribution in [2.24, 2.45) is 5.73 Å². The molecular weight excluding hydrogens is 188 g/mol. The fraction of sp³-hybridized carbons (Fsp3) is 0.750. The van der Waals surface area contributed by atoms with Gasteiger partial charge in [0.15, 0.2) is 0 Å². The van der Waals surface area contributed by atoms with Gasteiger partial charge in [0, 0.05) is 13.1 Å². The molecule has 0 aromatic rings. The average molecular weight is 212 g/mol. The maximum absolute atomic E-state index is 12.1. The van der Waals surface area contributed by atoms with Gasteiger partial charge in [-0.3, -0.25) is 4.79 Å². The molecule has 1 unspecified atom stereocenters. The van der Waals surface area contributed by atoms with E-state index in [0.717, 1.165) is 18.4 Å². The van der Waals surface area contributed by atoms with Crippen molar-refractivity contribution in [3.63, 3.8) is 0 Å². The average Bonchev–Trinajstić information content (AvgIpc) is 2.12. The second-order valence-electron chi connectivity index (χ2n) is 4.44. The van der Waals surface area contributed by atoms with E-state index in [0.29, 0.717) is 13.1 Å². The van der Waals surface area contributed by atoms with Gasteiger partial charge in [-0.2, -0.15) is 0 Å². The Kier molecular flexibility index (Phi) is 5.58. The topological polar surface area (TPSA) is 46.3 Å². The molecule has 88 valence electrons. The Labute approximate surface area is 93.3 Å². The molecule has 0 fully saturated rings. The highest BCUT2D eigenvalue weighted by molar-refractivity contribution is 5.85. The number of hydrogen-bond donors (Lipinski definition) is 1. The van der Waals surface area contributed by atoms with Crippen molar-refractivity contribution in [2.45, 2.75) is 46.1 Å². The Hall–Kier alpha value is -0.830. The number of rotatable bonds is 6. The molecule has 0 aliphatic carbocycles. The molecule has 1 atom stereocenters. The van der Waals surface area contributed by atoms with E-state index in [9.17, 15) is 4.79 Å². The molecule has 0 heterocycles. The van der Waals surface area contributed by atoms with Crippen LogP contribution in [0, 0.1) is 0 Å². The summed E-state index contributed by atoms with van der Waals surface area (Å²) in [5.74, 6) is 0.0230. The van der Waals surface area contributed by atoms with Gasteiger partial charge in [-0.25, -0.2) is 0 Å². The van der Waals surface area contributed by atoms with Crippen LogP contribution in [-0.4, -0.2) is 29.4 Å². The lowest BCUT2D eigenvalue weighted by Gasteiger charge is -2.31. The highest BCUT2D eigenvalue weighted by Crippen LogP contribution is 2.13. The van der Waals surface area contributed by atoms with Gasteiger partial charge >= 0.3 is 0 Å². The van der Waals surface area contributed by atoms with Gasteiger partial charge in [0.2, 0.25) is 5.91 Å². The van der Waals surface area contributed by atoms with E-state index >= 15 is 0 Å². The summed E-state index contributed by atoms with van der Waals surface area (Å²) in [6, 6.07) is 0. The number of carbonyl (C=O) groups is 1. The van der Waals surface area contributed by atoms with Crippen molar-refractivity contribution in [1.29, 1.82) is 0 Å². The fourth-order valence-corrected chi connectivity index (χ4v) is 1.64. The van der Waals surface area contributed by atoms with Crippen LogP contribution in [0.15, 0.2) is 12.2 Å². The van der Waals surface area contributed by atoms with Crippen LogP contribution < -0.4 is 5.73 Å². The maximum Gasteiger partial charge on any atom is 0.242 e. The molecule has 0 aliphatic rings. The minimum atomic E-state index is -0.736. The standard InChI is InChI=1S/C12H24N2O/c1-6-8-12(5,13)11(15)14(7-2)9-10(3)4/h3,6-9,13H2,1-2,4-5H3. The minimum absolute atomic E-state index is 0.0230. The zero-order chi connectivity index (χ0) is 12.1. The molecule has 0 saturated heterocycles. The smallest absolute Gasteiger partial charge is 0.242 e. The van der Waals surface area contributed by atoms with E-state index in [-0.39, 0.29) is 5.91 Å². The molecule has 0 aromatic heterocycles. The van der Waals surface area contributed by atoms with E-state index in [1.165, 1.54) is 0 Å². The summed E-state index contributed by atoms with van der Waals surface area (Å²) in [4.78, 5) is 13.8. The largest absolute Gasteiger partial charge is 0.337 e. The lowest BCUT2D eigenvalue weighted by Crippen LogP contribution is -2.53. The van der Waals surface area contributed by atoms with Crippen molar-refractivity contribution in [3.05, 3.63) is 12.2 Å². The Morgan fingerprint density at radius 1 is 1.47 bits per heavy atom. The number of carbonyl (C=O) groups excluding carboxylic acids is 1. The SMILES string of the molecule is C=C(C)CN(CC)C(=O)C(C)(N)CCC. The van der Waals surface area contributed by atoms with Crippen LogP contribution in [0.5, 0.6) is 0 Å². The van der Waals surface area contributed by atoms with Crippen LogP contribution in [0.2, 0.25) is 0 Å². The van der Waals surface area contributed by atoms with Gasteiger partial charge in [0.25, 0.3) is 0 Å². The summed E-state index contributed by atoms with van der Waals surface area (Å²) in [6.07, 6.45) is 1.64. The Balaban J connectivity index is 4.56. The van der Waals surface area contributed by atoms with Crippen LogP contribution in [0.1, 0.15) is 40.5 Å². The molecule has 0 spiro atoms. The summed E-state index contributed by atoms with van der Waals surface area (Å²) >= 11 is 0. The van der Waals surface area contributed by atoms with Crippen LogP contribution in [0.4, 0.5) is 0 Å². The summed E-state index contributed by atoms with van der Waals surface area (Å²) in [5.41, 5.74) is 6.25. The van der Waals surface area contributed by atoms with Crippen molar-refractivity contribution >= 4 is 5.91 Å². The molecule has 15 heavy (non-hydrogen) atoms. The maximum atomic E-state index is 12.1. The highest BCUT2D eigenvalue weighted by Gasteiger charge is 2.30. The monoisotopic (exact) mass is 212 g/mol. The second kappa shape index (κ2) is 5.91. The zero-order valence-corrected chi connectivity index (χ0v) is 10.5. The van der Waals surface area contributed by atoms with Crippen molar-refractivity contribution < 1.29 is 4.79 Å². The Morgan fingerprint density at radius 2 is 2.00 bits per heavy atom. The Morgan fingerprint density at radius 3 is 2.33 bits per heavy atom. The third kappa shape index (κ3) is 4.47. The lowest BCUT2D eigenvalue weighted by atomic mass is 9.95. The van der Waals surface area contributed by atoms with E-state index in [2.05, 4.69) is 6.58 Å². The van der Waals surface area contributed by atoms with Gasteiger partial charge in [-0.05, 0) is 27.2 Å². The molecule has 1 amide bonds. The predicted octanol–water partition coefficient (Wildman–Crippen LogP) is 1.93. The third-order valence-corrected chi connectivity index (χ3v) is 2.39. The molecule has 0 bridgehead atoms. The number of amides is 1. The second-order valence-corrected chi connectivity index (χ2v) is 4.44. The number of likely N-dealkylation sites (N-methyl/N-ethyl adjacent to an activating group) is 1. The molecular formula is C12H24N2O. The van der Waals surface area contributed by atoms with Crippen molar-refractivity contribution in [2.75, 3.05) is 13.1 Å². The van der Waals surface area contributed by atoms with Gasteiger partial charge in [0.1, 0.15) is 0 Å². The predicted molar refractivity (Wildman–Crippen MR) is 64.6 cm³/mol. The molecule has 0 saturated carbocycles. The van der Waals surface area contributed by atoms with Crippen LogP contribution in [0.25, 0.3) is 0 Å². The quantitative estimate of drug-likeness (QED) is 0.684. The van der Waals surface area contributed by atoms with Gasteiger partial charge in [-0.1, -0.05) is 25.5 Å². The van der Waals surface area contributed by atoms with Crippen LogP contribution in [-0.2, 0) is 4.79 Å². The summed E-state index contributed by atoms with van der Waals surface area (Å²) < 4.78 is 0. The third-order valence-electron chi connectivity index (χ3n) is 2.39. The van der Waals surface area contributed by atoms with E-state index in [1.54, 1.807) is 11.8 Å². The van der Waals surface area contributed by atoms with Crippen LogP contribution >= 0.6 is 0 Å². The Bertz CT molecular complexity index is 234. The van der Waals surface area contributed by atoms with E-state index < -0.39 is 5.54 Å². The molecule has 0 radical (unpaired) electrons. The normalized spacial score (nSPS) is 14.5. The van der Waals surface area contributed by atoms with Gasteiger partial charge in [-0.15, -0.1) is 0 Å². The molecule has 3 nitrogen and oxygen atoms in total. The lowest BCUT2D eigenvalue weighted by molar-refractivity contribution is -0.136. The summed E-state index contributed by atoms with van der Waals surface area (Å²) in [5, 5.41) is 0. The minimum Gasteiger partial charge on any atom is -0.337 e. The number of nitrogens with two attached hydrogens (primary N) is 1. The molecule has 0 aromatic carbocycles. The van der Waals surface area contributed by atoms with Gasteiger partial charge in [0.05, 0.1) is 5.54 Å².